The molecule has 3 N–H and O–H groups in total. The Morgan fingerprint density at radius 3 is 2.50 bits per heavy atom. The lowest BCUT2D eigenvalue weighted by Crippen LogP contribution is -2.13. The topological polar surface area (TPSA) is 86.9 Å². The van der Waals surface area contributed by atoms with E-state index >= 15 is 0 Å². The number of hydrogen-bond acceptors (Lipinski definition) is 3. The Morgan fingerprint density at radius 1 is 0.900 bits per heavy atom. The molecule has 0 saturated heterocycles. The van der Waals surface area contributed by atoms with Gasteiger partial charge in [-0.2, -0.15) is 0 Å². The van der Waals surface area contributed by atoms with Gasteiger partial charge in [0.1, 0.15) is 0 Å². The van der Waals surface area contributed by atoms with Gasteiger partial charge in [0.25, 0.3) is 5.91 Å². The smallest absolute Gasteiger partial charge is 0.255 e. The zero-order chi connectivity index (χ0) is 20.8. The standard InChI is InChI=1S/C24H22N4O2/c29-23(10-3-5-18-16-26-22-9-2-1-8-21(18)22)27-19-6-4-7-20(15-19)28-24(30)17-11-13-25-14-12-17/h1-2,4,6-9,11-16,26H,3,5,10H2,(H,27,29)(H,28,30). The average molecular weight is 398 g/mol. The molecule has 0 spiro atoms. The number of pyridine rings is 1. The molecular formula is C24H22N4O2. The van der Waals surface area contributed by atoms with Crippen molar-refractivity contribution in [2.45, 2.75) is 19.3 Å². The van der Waals surface area contributed by atoms with Gasteiger partial charge in [0.2, 0.25) is 5.91 Å². The van der Waals surface area contributed by atoms with Crippen molar-refractivity contribution in [2.24, 2.45) is 0 Å². The van der Waals surface area contributed by atoms with Crippen molar-refractivity contribution in [3.8, 4) is 0 Å². The SMILES string of the molecule is O=C(CCCc1c[nH]c2ccccc12)Nc1cccc(NC(=O)c2ccncc2)c1. The molecule has 6 heteroatoms. The number of carbonyl (C=O) groups excluding carboxylic acids is 2. The molecule has 4 rings (SSSR count). The number of aryl methyl sites for hydroxylation is 1. The minimum atomic E-state index is -0.223. The Labute approximate surface area is 174 Å². The van der Waals surface area contributed by atoms with E-state index in [1.807, 2.05) is 24.4 Å². The Bertz CT molecular complexity index is 1170. The molecule has 2 aromatic carbocycles. The number of carbonyl (C=O) groups is 2. The molecule has 150 valence electrons. The van der Waals surface area contributed by atoms with Gasteiger partial charge in [-0.05, 0) is 54.8 Å². The monoisotopic (exact) mass is 398 g/mol. The van der Waals surface area contributed by atoms with Crippen LogP contribution in [0, 0.1) is 0 Å². The van der Waals surface area contributed by atoms with E-state index in [0.29, 0.717) is 23.4 Å². The fraction of sp³-hybridized carbons (Fsp3) is 0.125. The number of fused-ring (bicyclic) bond motifs is 1. The van der Waals surface area contributed by atoms with Crippen molar-refractivity contribution in [1.82, 2.24) is 9.97 Å². The second kappa shape index (κ2) is 9.05. The van der Waals surface area contributed by atoms with E-state index in [4.69, 9.17) is 0 Å². The lowest BCUT2D eigenvalue weighted by atomic mass is 10.1. The zero-order valence-corrected chi connectivity index (χ0v) is 16.4. The molecule has 6 nitrogen and oxygen atoms in total. The van der Waals surface area contributed by atoms with E-state index in [1.165, 1.54) is 10.9 Å². The molecule has 0 radical (unpaired) electrons. The first kappa shape index (κ1) is 19.4. The van der Waals surface area contributed by atoms with Crippen LogP contribution in [-0.2, 0) is 11.2 Å². The summed E-state index contributed by atoms with van der Waals surface area (Å²) < 4.78 is 0. The second-order valence-electron chi connectivity index (χ2n) is 7.03. The molecule has 2 amide bonds. The van der Waals surface area contributed by atoms with Crippen molar-refractivity contribution in [2.75, 3.05) is 10.6 Å². The second-order valence-corrected chi connectivity index (χ2v) is 7.03. The highest BCUT2D eigenvalue weighted by Gasteiger charge is 2.08. The molecule has 0 bridgehead atoms. The van der Waals surface area contributed by atoms with Crippen molar-refractivity contribution in [3.63, 3.8) is 0 Å². The molecule has 0 aliphatic heterocycles. The number of aromatic nitrogens is 2. The number of para-hydroxylation sites is 1. The molecule has 0 aliphatic carbocycles. The highest BCUT2D eigenvalue weighted by atomic mass is 16.2. The number of hydrogen-bond donors (Lipinski definition) is 3. The van der Waals surface area contributed by atoms with Gasteiger partial charge >= 0.3 is 0 Å². The van der Waals surface area contributed by atoms with Gasteiger partial charge in [0.05, 0.1) is 0 Å². The first-order valence-corrected chi connectivity index (χ1v) is 9.85. The van der Waals surface area contributed by atoms with Crippen molar-refractivity contribution < 1.29 is 9.59 Å². The van der Waals surface area contributed by atoms with Gasteiger partial charge in [-0.15, -0.1) is 0 Å². The molecule has 0 saturated carbocycles. The van der Waals surface area contributed by atoms with Gasteiger partial charge in [0, 0.05) is 52.9 Å². The first-order valence-electron chi connectivity index (χ1n) is 9.85. The van der Waals surface area contributed by atoms with E-state index in [0.717, 1.165) is 18.4 Å². The Morgan fingerprint density at radius 2 is 1.67 bits per heavy atom. The number of amides is 2. The predicted octanol–water partition coefficient (Wildman–Crippen LogP) is 4.78. The van der Waals surface area contributed by atoms with Crippen LogP contribution in [0.1, 0.15) is 28.8 Å². The third kappa shape index (κ3) is 4.72. The van der Waals surface area contributed by atoms with Crippen LogP contribution in [0.5, 0.6) is 0 Å². The highest BCUT2D eigenvalue weighted by Crippen LogP contribution is 2.20. The summed E-state index contributed by atoms with van der Waals surface area (Å²) in [6.07, 6.45) is 7.17. The van der Waals surface area contributed by atoms with Crippen molar-refractivity contribution in [3.05, 3.63) is 90.4 Å². The van der Waals surface area contributed by atoms with E-state index in [2.05, 4.69) is 26.7 Å². The first-order chi connectivity index (χ1) is 14.7. The van der Waals surface area contributed by atoms with E-state index in [1.54, 1.807) is 48.8 Å². The number of H-pyrrole nitrogens is 1. The molecule has 4 aromatic rings. The lowest BCUT2D eigenvalue weighted by Gasteiger charge is -2.09. The number of nitrogens with one attached hydrogen (secondary N) is 3. The van der Waals surface area contributed by atoms with Crippen LogP contribution < -0.4 is 10.6 Å². The molecule has 0 fully saturated rings. The van der Waals surface area contributed by atoms with Gasteiger partial charge in [-0.3, -0.25) is 14.6 Å². The molecular weight excluding hydrogens is 376 g/mol. The summed E-state index contributed by atoms with van der Waals surface area (Å²) in [5.74, 6) is -0.271. The lowest BCUT2D eigenvalue weighted by molar-refractivity contribution is -0.116. The summed E-state index contributed by atoms with van der Waals surface area (Å²) in [6.45, 7) is 0. The largest absolute Gasteiger partial charge is 0.361 e. The van der Waals surface area contributed by atoms with Crippen LogP contribution in [0.25, 0.3) is 10.9 Å². The van der Waals surface area contributed by atoms with Gasteiger partial charge in [-0.1, -0.05) is 24.3 Å². The minimum Gasteiger partial charge on any atom is -0.361 e. The molecule has 0 aliphatic rings. The number of aromatic amines is 1. The Kier molecular flexibility index (Phi) is 5.85. The quantitative estimate of drug-likeness (QED) is 0.419. The summed E-state index contributed by atoms with van der Waals surface area (Å²) in [4.78, 5) is 31.8. The zero-order valence-electron chi connectivity index (χ0n) is 16.4. The van der Waals surface area contributed by atoms with Crippen molar-refractivity contribution in [1.29, 1.82) is 0 Å². The van der Waals surface area contributed by atoms with E-state index < -0.39 is 0 Å². The number of benzene rings is 2. The van der Waals surface area contributed by atoms with Gasteiger partial charge < -0.3 is 15.6 Å². The normalized spacial score (nSPS) is 10.7. The van der Waals surface area contributed by atoms with Crippen molar-refractivity contribution >= 4 is 34.1 Å². The fourth-order valence-electron chi connectivity index (χ4n) is 3.38. The highest BCUT2D eigenvalue weighted by molar-refractivity contribution is 6.04. The maximum absolute atomic E-state index is 12.3. The summed E-state index contributed by atoms with van der Waals surface area (Å²) in [6, 6.07) is 18.6. The third-order valence-corrected chi connectivity index (χ3v) is 4.87. The van der Waals surface area contributed by atoms with Gasteiger partial charge in [0.15, 0.2) is 0 Å². The Hall–Kier alpha value is -3.93. The van der Waals surface area contributed by atoms with Gasteiger partial charge in [-0.25, -0.2) is 0 Å². The maximum atomic E-state index is 12.3. The average Bonchev–Trinajstić information content (AvgIpc) is 3.18. The Balaban J connectivity index is 1.30. The number of anilines is 2. The molecule has 30 heavy (non-hydrogen) atoms. The number of rotatable bonds is 7. The van der Waals surface area contributed by atoms with Crippen LogP contribution >= 0.6 is 0 Å². The summed E-state index contributed by atoms with van der Waals surface area (Å²) in [5, 5.41) is 6.94. The summed E-state index contributed by atoms with van der Waals surface area (Å²) in [5.41, 5.74) is 4.13. The van der Waals surface area contributed by atoms with Crippen LogP contribution in [0.2, 0.25) is 0 Å². The van der Waals surface area contributed by atoms with E-state index in [-0.39, 0.29) is 11.8 Å². The predicted molar refractivity (Wildman–Crippen MR) is 118 cm³/mol. The molecule has 2 heterocycles. The molecule has 2 aromatic heterocycles. The maximum Gasteiger partial charge on any atom is 0.255 e. The van der Waals surface area contributed by atoms with Crippen LogP contribution in [0.3, 0.4) is 0 Å². The minimum absolute atomic E-state index is 0.0487. The van der Waals surface area contributed by atoms with E-state index in [9.17, 15) is 9.59 Å². The number of nitrogens with zero attached hydrogens (tertiary/aromatic N) is 1. The third-order valence-electron chi connectivity index (χ3n) is 4.87. The van der Waals surface area contributed by atoms with Crippen LogP contribution in [0.15, 0.2) is 79.3 Å². The summed E-state index contributed by atoms with van der Waals surface area (Å²) in [7, 11) is 0. The molecule has 0 atom stereocenters. The van der Waals surface area contributed by atoms with Crippen LogP contribution in [0.4, 0.5) is 11.4 Å². The van der Waals surface area contributed by atoms with Crippen LogP contribution in [-0.4, -0.2) is 21.8 Å². The summed E-state index contributed by atoms with van der Waals surface area (Å²) >= 11 is 0. The molecule has 0 unspecified atom stereocenters. The fourth-order valence-corrected chi connectivity index (χ4v) is 3.38.